The number of alkyl halides is 2. The molecular formula is C17H19F2N3OS2. The monoisotopic (exact) mass is 383 g/mol. The average molecular weight is 383 g/mol. The number of thiazole rings is 1. The smallest absolute Gasteiger partial charge is 0.267 e. The van der Waals surface area contributed by atoms with Gasteiger partial charge in [-0.15, -0.1) is 0 Å². The van der Waals surface area contributed by atoms with E-state index in [9.17, 15) is 13.0 Å². The van der Waals surface area contributed by atoms with Crippen LogP contribution in [-0.2, 0) is 10.8 Å². The van der Waals surface area contributed by atoms with Gasteiger partial charge in [-0.25, -0.2) is 13.8 Å². The van der Waals surface area contributed by atoms with Crippen molar-refractivity contribution in [2.45, 2.75) is 12.3 Å². The summed E-state index contributed by atoms with van der Waals surface area (Å²) in [5.41, 5.74) is 2.17. The highest BCUT2D eigenvalue weighted by Gasteiger charge is 2.39. The third kappa shape index (κ3) is 3.69. The van der Waals surface area contributed by atoms with Crippen LogP contribution in [0.3, 0.4) is 0 Å². The summed E-state index contributed by atoms with van der Waals surface area (Å²) in [6, 6.07) is 8.20. The highest BCUT2D eigenvalue weighted by atomic mass is 32.2. The number of halogens is 2. The Bertz CT molecular complexity index is 768. The number of rotatable bonds is 3. The number of nitrogens with zero attached hydrogens (tertiary/aromatic N) is 3. The van der Waals surface area contributed by atoms with Gasteiger partial charge in [-0.2, -0.15) is 0 Å². The van der Waals surface area contributed by atoms with Crippen LogP contribution in [0.1, 0.15) is 6.42 Å². The Morgan fingerprint density at radius 3 is 2.44 bits per heavy atom. The predicted octanol–water partition coefficient (Wildman–Crippen LogP) is 3.22. The highest BCUT2D eigenvalue weighted by Crippen LogP contribution is 2.36. The fourth-order valence-electron chi connectivity index (χ4n) is 3.18. The molecule has 2 aliphatic heterocycles. The lowest BCUT2D eigenvalue weighted by Gasteiger charge is -2.28. The predicted molar refractivity (Wildman–Crippen MR) is 99.4 cm³/mol. The summed E-state index contributed by atoms with van der Waals surface area (Å²) in [6.07, 6.45) is 1.66. The van der Waals surface area contributed by atoms with Crippen molar-refractivity contribution in [3.8, 4) is 10.4 Å². The summed E-state index contributed by atoms with van der Waals surface area (Å²) in [4.78, 5) is 9.22. The molecule has 4 nitrogen and oxygen atoms in total. The molecule has 2 aromatic rings. The summed E-state index contributed by atoms with van der Waals surface area (Å²) in [5.74, 6) is -1.16. The largest absolute Gasteiger partial charge is 0.370 e. The van der Waals surface area contributed by atoms with E-state index in [1.807, 2.05) is 12.1 Å². The topological polar surface area (TPSA) is 36.4 Å². The van der Waals surface area contributed by atoms with Crippen LogP contribution in [0, 0.1) is 0 Å². The van der Waals surface area contributed by atoms with E-state index >= 15 is 0 Å². The molecule has 0 radical (unpaired) electrons. The average Bonchev–Trinajstić information content (AvgIpc) is 3.22. The van der Waals surface area contributed by atoms with Gasteiger partial charge in [0, 0.05) is 60.2 Å². The molecule has 1 aromatic heterocycles. The van der Waals surface area contributed by atoms with E-state index in [1.54, 1.807) is 11.1 Å². The first kappa shape index (κ1) is 16.9. The van der Waals surface area contributed by atoms with E-state index in [0.717, 1.165) is 40.7 Å². The van der Waals surface area contributed by atoms with Crippen LogP contribution in [0.15, 0.2) is 30.5 Å². The summed E-state index contributed by atoms with van der Waals surface area (Å²) in [5, 5.41) is 0.662. The molecule has 0 saturated carbocycles. The van der Waals surface area contributed by atoms with Crippen LogP contribution in [0.25, 0.3) is 10.4 Å². The number of benzene rings is 1. The maximum atomic E-state index is 13.4. The molecule has 0 aliphatic carbocycles. The first-order valence-corrected chi connectivity index (χ1v) is 10.6. The second-order valence-electron chi connectivity index (χ2n) is 6.42. The Balaban J connectivity index is 1.47. The molecule has 8 heteroatoms. The van der Waals surface area contributed by atoms with Gasteiger partial charge in [0.15, 0.2) is 5.13 Å². The van der Waals surface area contributed by atoms with Gasteiger partial charge in [0.25, 0.3) is 5.92 Å². The van der Waals surface area contributed by atoms with Gasteiger partial charge in [0.1, 0.15) is 0 Å². The van der Waals surface area contributed by atoms with Crippen molar-refractivity contribution in [2.24, 2.45) is 0 Å². The van der Waals surface area contributed by atoms with Crippen molar-refractivity contribution < 1.29 is 13.0 Å². The van der Waals surface area contributed by atoms with Gasteiger partial charge < -0.3 is 9.80 Å². The maximum absolute atomic E-state index is 13.4. The molecule has 0 bridgehead atoms. The van der Waals surface area contributed by atoms with E-state index in [0.29, 0.717) is 11.7 Å². The van der Waals surface area contributed by atoms with Crippen molar-refractivity contribution >= 4 is 33.0 Å². The quantitative estimate of drug-likeness (QED) is 0.816. The Morgan fingerprint density at radius 2 is 1.80 bits per heavy atom. The molecular weight excluding hydrogens is 364 g/mol. The van der Waals surface area contributed by atoms with E-state index < -0.39 is 16.7 Å². The molecule has 0 unspecified atom stereocenters. The molecule has 1 aromatic carbocycles. The molecule has 134 valence electrons. The van der Waals surface area contributed by atoms with Crippen LogP contribution in [0.2, 0.25) is 0 Å². The third-order valence-electron chi connectivity index (χ3n) is 4.63. The summed E-state index contributed by atoms with van der Waals surface area (Å²) in [6.45, 7) is 1.75. The normalized spacial score (nSPS) is 21.0. The molecule has 0 spiro atoms. The standard InChI is InChI=1S/C17H19F2N3OS2/c18-17(19)5-6-22(12-17)16-20-11-15(24-16)13-1-3-14(4-2-13)21-7-9-25(23)10-8-21/h1-4,11H,5-10,12H2. The van der Waals surface area contributed by atoms with Gasteiger partial charge in [-0.3, -0.25) is 4.21 Å². The highest BCUT2D eigenvalue weighted by molar-refractivity contribution is 7.85. The van der Waals surface area contributed by atoms with Crippen molar-refractivity contribution in [3.63, 3.8) is 0 Å². The van der Waals surface area contributed by atoms with Crippen LogP contribution in [-0.4, -0.2) is 52.8 Å². The minimum absolute atomic E-state index is 0.1000. The summed E-state index contributed by atoms with van der Waals surface area (Å²) >= 11 is 1.45. The van der Waals surface area contributed by atoms with Crippen LogP contribution in [0.5, 0.6) is 0 Å². The number of hydrogen-bond donors (Lipinski definition) is 0. The molecule has 3 heterocycles. The van der Waals surface area contributed by atoms with Crippen molar-refractivity contribution in [1.82, 2.24) is 4.98 Å². The molecule has 2 fully saturated rings. The molecule has 0 atom stereocenters. The minimum Gasteiger partial charge on any atom is -0.370 e. The van der Waals surface area contributed by atoms with E-state index in [4.69, 9.17) is 0 Å². The third-order valence-corrected chi connectivity index (χ3v) is 7.01. The lowest BCUT2D eigenvalue weighted by Crippen LogP contribution is -2.37. The molecule has 4 rings (SSSR count). The SMILES string of the molecule is O=S1CCN(c2ccc(-c3cnc(N4CCC(F)(F)C4)s3)cc2)CC1. The maximum Gasteiger partial charge on any atom is 0.267 e. The van der Waals surface area contributed by atoms with Crippen molar-refractivity contribution in [3.05, 3.63) is 30.5 Å². The first-order valence-electron chi connectivity index (χ1n) is 8.29. The molecule has 0 N–H and O–H groups in total. The fraction of sp³-hybridized carbons (Fsp3) is 0.471. The van der Waals surface area contributed by atoms with Crippen molar-refractivity contribution in [1.29, 1.82) is 0 Å². The number of hydrogen-bond acceptors (Lipinski definition) is 5. The molecule has 25 heavy (non-hydrogen) atoms. The van der Waals surface area contributed by atoms with Gasteiger partial charge in [-0.1, -0.05) is 23.5 Å². The lowest BCUT2D eigenvalue weighted by atomic mass is 10.2. The van der Waals surface area contributed by atoms with Gasteiger partial charge in [0.2, 0.25) is 0 Å². The van der Waals surface area contributed by atoms with E-state index in [1.165, 1.54) is 11.3 Å². The second-order valence-corrected chi connectivity index (χ2v) is 9.12. The Morgan fingerprint density at radius 1 is 1.08 bits per heavy atom. The minimum atomic E-state index is -2.61. The van der Waals surface area contributed by atoms with E-state index in [-0.39, 0.29) is 13.0 Å². The summed E-state index contributed by atoms with van der Waals surface area (Å²) < 4.78 is 38.2. The van der Waals surface area contributed by atoms with Crippen LogP contribution >= 0.6 is 11.3 Å². The molecule has 2 aliphatic rings. The number of aromatic nitrogens is 1. The zero-order chi connectivity index (χ0) is 17.4. The summed E-state index contributed by atoms with van der Waals surface area (Å²) in [7, 11) is -0.679. The van der Waals surface area contributed by atoms with E-state index in [2.05, 4.69) is 22.0 Å². The zero-order valence-electron chi connectivity index (χ0n) is 13.7. The second kappa shape index (κ2) is 6.64. The number of anilines is 2. The van der Waals surface area contributed by atoms with Gasteiger partial charge >= 0.3 is 0 Å². The Hall–Kier alpha value is -1.54. The zero-order valence-corrected chi connectivity index (χ0v) is 15.3. The Labute approximate surface area is 151 Å². The fourth-order valence-corrected chi connectivity index (χ4v) is 5.17. The molecule has 0 amide bonds. The van der Waals surface area contributed by atoms with Gasteiger partial charge in [-0.05, 0) is 17.7 Å². The lowest BCUT2D eigenvalue weighted by molar-refractivity contribution is 0.0257. The Kier molecular flexibility index (Phi) is 4.49. The van der Waals surface area contributed by atoms with Crippen molar-refractivity contribution in [2.75, 3.05) is 47.5 Å². The van der Waals surface area contributed by atoms with Gasteiger partial charge in [0.05, 0.1) is 11.4 Å². The first-order chi connectivity index (χ1) is 12.0. The van der Waals surface area contributed by atoms with Crippen LogP contribution in [0.4, 0.5) is 19.6 Å². The van der Waals surface area contributed by atoms with Crippen LogP contribution < -0.4 is 9.80 Å². The molecule has 2 saturated heterocycles.